The number of anilines is 1. The second-order valence-electron chi connectivity index (χ2n) is 4.93. The van der Waals surface area contributed by atoms with E-state index in [0.717, 1.165) is 12.8 Å². The number of nitrogens with one attached hydrogen (secondary N) is 2. The Morgan fingerprint density at radius 3 is 2.36 bits per heavy atom. The fraction of sp³-hybridized carbons (Fsp3) is 0.235. The molecule has 0 aliphatic carbocycles. The summed E-state index contributed by atoms with van der Waals surface area (Å²) in [6.07, 6.45) is 1.81. The maximum atomic E-state index is 11.8. The molecule has 0 aliphatic rings. The van der Waals surface area contributed by atoms with Crippen LogP contribution in [0.3, 0.4) is 0 Å². The molecule has 0 heterocycles. The van der Waals surface area contributed by atoms with Crippen molar-refractivity contribution in [2.24, 2.45) is 0 Å². The van der Waals surface area contributed by atoms with E-state index in [-0.39, 0.29) is 6.03 Å². The third-order valence-corrected chi connectivity index (χ3v) is 3.86. The Bertz CT molecular complexity index is 642. The van der Waals surface area contributed by atoms with Crippen molar-refractivity contribution in [3.63, 3.8) is 0 Å². The van der Waals surface area contributed by atoms with E-state index in [4.69, 9.17) is 23.2 Å². The number of hydrogen-bond acceptors (Lipinski definition) is 1. The summed E-state index contributed by atoms with van der Waals surface area (Å²) >= 11 is 11.8. The van der Waals surface area contributed by atoms with Crippen LogP contribution >= 0.6 is 23.2 Å². The molecule has 0 spiro atoms. The van der Waals surface area contributed by atoms with Crippen molar-refractivity contribution in [2.45, 2.75) is 19.8 Å². The highest BCUT2D eigenvalue weighted by atomic mass is 35.5. The molecular formula is C17H18Cl2N2O. The largest absolute Gasteiger partial charge is 0.338 e. The number of carbonyl (C=O) groups is 1. The number of urea groups is 1. The van der Waals surface area contributed by atoms with E-state index >= 15 is 0 Å². The van der Waals surface area contributed by atoms with E-state index in [1.165, 1.54) is 11.1 Å². The molecule has 2 N–H and O–H groups in total. The van der Waals surface area contributed by atoms with Gasteiger partial charge in [0, 0.05) is 11.6 Å². The molecule has 2 aromatic carbocycles. The smallest absolute Gasteiger partial charge is 0.319 e. The minimum absolute atomic E-state index is 0.283. The van der Waals surface area contributed by atoms with E-state index < -0.39 is 0 Å². The average Bonchev–Trinajstić information content (AvgIpc) is 2.51. The van der Waals surface area contributed by atoms with Crippen molar-refractivity contribution in [3.8, 4) is 0 Å². The van der Waals surface area contributed by atoms with Crippen LogP contribution in [0.25, 0.3) is 0 Å². The number of rotatable bonds is 5. The highest BCUT2D eigenvalue weighted by Gasteiger charge is 2.05. The van der Waals surface area contributed by atoms with Crippen molar-refractivity contribution in [3.05, 3.63) is 63.6 Å². The van der Waals surface area contributed by atoms with Gasteiger partial charge in [-0.3, -0.25) is 0 Å². The van der Waals surface area contributed by atoms with E-state index in [1.54, 1.807) is 18.2 Å². The van der Waals surface area contributed by atoms with Crippen LogP contribution in [0, 0.1) is 0 Å². The van der Waals surface area contributed by atoms with Gasteiger partial charge >= 0.3 is 6.03 Å². The number of amides is 2. The second-order valence-corrected chi connectivity index (χ2v) is 5.77. The fourth-order valence-electron chi connectivity index (χ4n) is 2.02. The normalized spacial score (nSPS) is 10.3. The van der Waals surface area contributed by atoms with Crippen LogP contribution in [0.2, 0.25) is 10.0 Å². The molecule has 0 fully saturated rings. The second kappa shape index (κ2) is 8.06. The summed E-state index contributed by atoms with van der Waals surface area (Å²) in [6.45, 7) is 2.69. The summed E-state index contributed by atoms with van der Waals surface area (Å²) in [5.41, 5.74) is 3.05. The minimum Gasteiger partial charge on any atom is -0.338 e. The van der Waals surface area contributed by atoms with E-state index in [1.807, 2.05) is 0 Å². The van der Waals surface area contributed by atoms with Gasteiger partial charge in [0.2, 0.25) is 0 Å². The van der Waals surface area contributed by atoms with Gasteiger partial charge in [-0.25, -0.2) is 4.79 Å². The first-order chi connectivity index (χ1) is 10.6. The Morgan fingerprint density at radius 2 is 1.73 bits per heavy atom. The van der Waals surface area contributed by atoms with E-state index in [0.29, 0.717) is 22.3 Å². The number of aryl methyl sites for hydroxylation is 1. The lowest BCUT2D eigenvalue weighted by atomic mass is 10.1. The quantitative estimate of drug-likeness (QED) is 0.799. The molecule has 2 rings (SSSR count). The zero-order valence-corrected chi connectivity index (χ0v) is 13.8. The topological polar surface area (TPSA) is 41.1 Å². The lowest BCUT2D eigenvalue weighted by Gasteiger charge is -2.09. The summed E-state index contributed by atoms with van der Waals surface area (Å²) in [6, 6.07) is 13.1. The van der Waals surface area contributed by atoms with Crippen LogP contribution in [0.1, 0.15) is 18.1 Å². The molecule has 116 valence electrons. The van der Waals surface area contributed by atoms with Crippen LogP contribution in [0.5, 0.6) is 0 Å². The molecule has 2 amide bonds. The van der Waals surface area contributed by atoms with Crippen LogP contribution in [0.4, 0.5) is 10.5 Å². The Balaban J connectivity index is 1.79. The third kappa shape index (κ3) is 4.93. The van der Waals surface area contributed by atoms with E-state index in [9.17, 15) is 4.79 Å². The van der Waals surface area contributed by atoms with Gasteiger partial charge in [-0.05, 0) is 42.2 Å². The summed E-state index contributed by atoms with van der Waals surface area (Å²) in [7, 11) is 0. The zero-order valence-electron chi connectivity index (χ0n) is 12.3. The fourth-order valence-corrected chi connectivity index (χ4v) is 2.48. The van der Waals surface area contributed by atoms with Crippen LogP contribution < -0.4 is 10.6 Å². The first-order valence-corrected chi connectivity index (χ1v) is 7.92. The summed E-state index contributed by atoms with van der Waals surface area (Å²) in [5.74, 6) is 0. The first-order valence-electron chi connectivity index (χ1n) is 7.16. The minimum atomic E-state index is -0.283. The Labute approximate surface area is 140 Å². The van der Waals surface area contributed by atoms with Gasteiger partial charge in [0.1, 0.15) is 0 Å². The molecule has 0 aliphatic heterocycles. The van der Waals surface area contributed by atoms with Gasteiger partial charge in [0.05, 0.1) is 10.7 Å². The first kappa shape index (κ1) is 16.7. The van der Waals surface area contributed by atoms with Gasteiger partial charge in [-0.2, -0.15) is 0 Å². The average molecular weight is 337 g/mol. The van der Waals surface area contributed by atoms with Gasteiger partial charge in [0.15, 0.2) is 0 Å². The summed E-state index contributed by atoms with van der Waals surface area (Å²) in [5, 5.41) is 6.46. The Morgan fingerprint density at radius 1 is 1.05 bits per heavy atom. The summed E-state index contributed by atoms with van der Waals surface area (Å²) < 4.78 is 0. The molecule has 0 bridgehead atoms. The predicted octanol–water partition coefficient (Wildman–Crippen LogP) is 4.92. The van der Waals surface area contributed by atoms with Crippen molar-refractivity contribution in [2.75, 3.05) is 11.9 Å². The summed E-state index contributed by atoms with van der Waals surface area (Å²) in [4.78, 5) is 11.8. The predicted molar refractivity (Wildman–Crippen MR) is 93.0 cm³/mol. The number of halogens is 2. The maximum absolute atomic E-state index is 11.8. The maximum Gasteiger partial charge on any atom is 0.319 e. The lowest BCUT2D eigenvalue weighted by Crippen LogP contribution is -2.30. The molecule has 0 saturated carbocycles. The van der Waals surface area contributed by atoms with E-state index in [2.05, 4.69) is 41.8 Å². The highest BCUT2D eigenvalue weighted by molar-refractivity contribution is 6.36. The highest BCUT2D eigenvalue weighted by Crippen LogP contribution is 2.25. The molecular weight excluding hydrogens is 319 g/mol. The zero-order chi connectivity index (χ0) is 15.9. The van der Waals surface area contributed by atoms with Crippen molar-refractivity contribution in [1.82, 2.24) is 5.32 Å². The molecule has 0 saturated heterocycles. The van der Waals surface area contributed by atoms with Crippen molar-refractivity contribution in [1.29, 1.82) is 0 Å². The monoisotopic (exact) mass is 336 g/mol. The molecule has 5 heteroatoms. The molecule has 22 heavy (non-hydrogen) atoms. The van der Waals surface area contributed by atoms with Crippen LogP contribution in [-0.2, 0) is 12.8 Å². The van der Waals surface area contributed by atoms with Crippen molar-refractivity contribution < 1.29 is 4.79 Å². The molecule has 3 nitrogen and oxygen atoms in total. The Kier molecular flexibility index (Phi) is 6.10. The third-order valence-electron chi connectivity index (χ3n) is 3.31. The standard InChI is InChI=1S/C17H18Cl2N2O/c1-2-12-3-5-13(6-4-12)9-10-20-17(22)21-16-8-7-14(18)11-15(16)19/h3-8,11H,2,9-10H2,1H3,(H2,20,21,22). The van der Waals surface area contributed by atoms with Crippen LogP contribution in [-0.4, -0.2) is 12.6 Å². The number of carbonyl (C=O) groups excluding carboxylic acids is 1. The SMILES string of the molecule is CCc1ccc(CCNC(=O)Nc2ccc(Cl)cc2Cl)cc1. The molecule has 0 unspecified atom stereocenters. The number of hydrogen-bond donors (Lipinski definition) is 2. The van der Waals surface area contributed by atoms with Gasteiger partial charge < -0.3 is 10.6 Å². The number of benzene rings is 2. The van der Waals surface area contributed by atoms with Crippen molar-refractivity contribution >= 4 is 34.9 Å². The molecule has 0 atom stereocenters. The van der Waals surface area contributed by atoms with Crippen LogP contribution in [0.15, 0.2) is 42.5 Å². The van der Waals surface area contributed by atoms with Gasteiger partial charge in [0.25, 0.3) is 0 Å². The molecule has 2 aromatic rings. The van der Waals surface area contributed by atoms with Gasteiger partial charge in [-0.15, -0.1) is 0 Å². The molecule has 0 radical (unpaired) electrons. The molecule has 0 aromatic heterocycles. The lowest BCUT2D eigenvalue weighted by molar-refractivity contribution is 0.252. The van der Waals surface area contributed by atoms with Gasteiger partial charge in [-0.1, -0.05) is 54.4 Å². The Hall–Kier alpha value is -1.71.